The van der Waals surface area contributed by atoms with Crippen molar-refractivity contribution in [3.05, 3.63) is 52.4 Å². The van der Waals surface area contributed by atoms with Crippen molar-refractivity contribution in [1.82, 2.24) is 0 Å². The fourth-order valence-electron chi connectivity index (χ4n) is 2.55. The van der Waals surface area contributed by atoms with E-state index < -0.39 is 0 Å². The van der Waals surface area contributed by atoms with Gasteiger partial charge in [0.05, 0.1) is 0 Å². The molecule has 3 rings (SSSR count). The Bertz CT molecular complexity index is 620. The molecule has 2 aromatic rings. The third-order valence-electron chi connectivity index (χ3n) is 3.53. The van der Waals surface area contributed by atoms with Crippen LogP contribution in [0.4, 0.5) is 5.69 Å². The van der Waals surface area contributed by atoms with Crippen molar-refractivity contribution < 1.29 is 9.21 Å². The van der Waals surface area contributed by atoms with Crippen molar-refractivity contribution in [1.29, 1.82) is 0 Å². The Kier molecular flexibility index (Phi) is 3.19. The molecule has 0 fully saturated rings. The van der Waals surface area contributed by atoms with Gasteiger partial charge in [0, 0.05) is 11.7 Å². The number of amides is 1. The Morgan fingerprint density at radius 2 is 2.11 bits per heavy atom. The number of aryl methyl sites for hydroxylation is 1. The van der Waals surface area contributed by atoms with Gasteiger partial charge in [-0.05, 0) is 59.5 Å². The smallest absolute Gasteiger partial charge is 0.294 e. The van der Waals surface area contributed by atoms with Gasteiger partial charge in [-0.2, -0.15) is 0 Å². The Balaban J connectivity index is 2.02. The van der Waals surface area contributed by atoms with Crippen LogP contribution in [-0.2, 0) is 6.42 Å². The van der Waals surface area contributed by atoms with Crippen molar-refractivity contribution in [2.45, 2.75) is 25.8 Å². The van der Waals surface area contributed by atoms with E-state index >= 15 is 0 Å². The SMILES string of the molecule is CC1CCc2ccccc2N1C(=O)c1ccc(Br)o1. The summed E-state index contributed by atoms with van der Waals surface area (Å²) in [4.78, 5) is 14.4. The number of para-hydroxylation sites is 1. The Morgan fingerprint density at radius 1 is 1.32 bits per heavy atom. The van der Waals surface area contributed by atoms with Crippen molar-refractivity contribution >= 4 is 27.5 Å². The molecule has 1 aromatic carbocycles. The molecule has 2 heterocycles. The van der Waals surface area contributed by atoms with Crippen LogP contribution in [0.15, 0.2) is 45.5 Å². The summed E-state index contributed by atoms with van der Waals surface area (Å²) in [5.41, 5.74) is 2.22. The van der Waals surface area contributed by atoms with Gasteiger partial charge in [-0.3, -0.25) is 4.79 Å². The van der Waals surface area contributed by atoms with E-state index in [1.165, 1.54) is 5.56 Å². The van der Waals surface area contributed by atoms with Crippen molar-refractivity contribution in [2.24, 2.45) is 0 Å². The topological polar surface area (TPSA) is 33.5 Å². The minimum Gasteiger partial charge on any atom is -0.444 e. The number of benzene rings is 1. The molecule has 1 aliphatic rings. The maximum absolute atomic E-state index is 12.6. The Labute approximate surface area is 120 Å². The zero-order chi connectivity index (χ0) is 13.4. The molecule has 0 spiro atoms. The van der Waals surface area contributed by atoms with Crippen LogP contribution in [0.2, 0.25) is 0 Å². The average molecular weight is 320 g/mol. The van der Waals surface area contributed by atoms with Crippen LogP contribution >= 0.6 is 15.9 Å². The predicted molar refractivity (Wildman–Crippen MR) is 77.4 cm³/mol. The van der Waals surface area contributed by atoms with Gasteiger partial charge in [-0.25, -0.2) is 0 Å². The lowest BCUT2D eigenvalue weighted by atomic mass is 9.96. The normalized spacial score (nSPS) is 18.2. The maximum atomic E-state index is 12.6. The minimum absolute atomic E-state index is 0.0784. The molecule has 98 valence electrons. The van der Waals surface area contributed by atoms with E-state index in [9.17, 15) is 4.79 Å². The van der Waals surface area contributed by atoms with Crippen LogP contribution in [0, 0.1) is 0 Å². The van der Waals surface area contributed by atoms with Gasteiger partial charge in [0.2, 0.25) is 0 Å². The van der Waals surface area contributed by atoms with Gasteiger partial charge in [0.25, 0.3) is 5.91 Å². The van der Waals surface area contributed by atoms with E-state index in [-0.39, 0.29) is 11.9 Å². The Morgan fingerprint density at radius 3 is 2.84 bits per heavy atom. The van der Waals surface area contributed by atoms with Crippen LogP contribution in [-0.4, -0.2) is 11.9 Å². The molecule has 0 saturated carbocycles. The predicted octanol–water partition coefficient (Wildman–Crippen LogP) is 4.02. The molecule has 0 aliphatic carbocycles. The summed E-state index contributed by atoms with van der Waals surface area (Å²) in [6.45, 7) is 2.08. The van der Waals surface area contributed by atoms with Gasteiger partial charge < -0.3 is 9.32 Å². The molecule has 0 radical (unpaired) electrons. The lowest BCUT2D eigenvalue weighted by molar-refractivity contribution is 0.0947. The second-order valence-corrected chi connectivity index (χ2v) is 5.58. The molecule has 1 aliphatic heterocycles. The number of furan rings is 1. The van der Waals surface area contributed by atoms with Gasteiger partial charge in [0.15, 0.2) is 10.4 Å². The van der Waals surface area contributed by atoms with Crippen LogP contribution in [0.25, 0.3) is 0 Å². The first-order valence-corrected chi connectivity index (χ1v) is 7.13. The number of hydrogen-bond acceptors (Lipinski definition) is 2. The molecule has 1 unspecified atom stereocenters. The molecule has 1 aromatic heterocycles. The van der Waals surface area contributed by atoms with Crippen LogP contribution < -0.4 is 4.90 Å². The second-order valence-electron chi connectivity index (χ2n) is 4.80. The lowest BCUT2D eigenvalue weighted by Gasteiger charge is -2.34. The van der Waals surface area contributed by atoms with E-state index in [2.05, 4.69) is 28.9 Å². The van der Waals surface area contributed by atoms with Crippen molar-refractivity contribution in [2.75, 3.05) is 4.90 Å². The van der Waals surface area contributed by atoms with Gasteiger partial charge in [-0.15, -0.1) is 0 Å². The van der Waals surface area contributed by atoms with E-state index in [1.807, 2.05) is 23.1 Å². The largest absolute Gasteiger partial charge is 0.444 e. The summed E-state index contributed by atoms with van der Waals surface area (Å²) in [5.74, 6) is 0.292. The van der Waals surface area contributed by atoms with Crippen LogP contribution in [0.5, 0.6) is 0 Å². The van der Waals surface area contributed by atoms with Gasteiger partial charge in [0.1, 0.15) is 0 Å². The first kappa shape index (κ1) is 12.5. The summed E-state index contributed by atoms with van der Waals surface area (Å²) in [6, 6.07) is 11.7. The zero-order valence-electron chi connectivity index (χ0n) is 10.6. The number of anilines is 1. The number of hydrogen-bond donors (Lipinski definition) is 0. The average Bonchev–Trinajstić information content (AvgIpc) is 2.85. The highest BCUT2D eigenvalue weighted by molar-refractivity contribution is 9.10. The summed E-state index contributed by atoms with van der Waals surface area (Å²) in [5, 5.41) is 0. The fraction of sp³-hybridized carbons (Fsp3) is 0.267. The molecular formula is C15H14BrNO2. The molecular weight excluding hydrogens is 306 g/mol. The summed E-state index contributed by atoms with van der Waals surface area (Å²) >= 11 is 3.23. The van der Waals surface area contributed by atoms with Gasteiger partial charge >= 0.3 is 0 Å². The second kappa shape index (κ2) is 4.85. The monoisotopic (exact) mass is 319 g/mol. The van der Waals surface area contributed by atoms with Gasteiger partial charge in [-0.1, -0.05) is 18.2 Å². The lowest BCUT2D eigenvalue weighted by Crippen LogP contribution is -2.41. The first-order chi connectivity index (χ1) is 9.16. The molecule has 3 nitrogen and oxygen atoms in total. The van der Waals surface area contributed by atoms with Crippen molar-refractivity contribution in [3.8, 4) is 0 Å². The number of halogens is 1. The molecule has 0 bridgehead atoms. The summed E-state index contributed by atoms with van der Waals surface area (Å²) < 4.78 is 5.96. The summed E-state index contributed by atoms with van der Waals surface area (Å²) in [6.07, 6.45) is 1.99. The number of carbonyl (C=O) groups is 1. The summed E-state index contributed by atoms with van der Waals surface area (Å²) in [7, 11) is 0. The fourth-order valence-corrected chi connectivity index (χ4v) is 2.85. The zero-order valence-corrected chi connectivity index (χ0v) is 12.2. The third-order valence-corrected chi connectivity index (χ3v) is 3.95. The van der Waals surface area contributed by atoms with Crippen molar-refractivity contribution in [3.63, 3.8) is 0 Å². The van der Waals surface area contributed by atoms with E-state index in [0.717, 1.165) is 18.5 Å². The highest BCUT2D eigenvalue weighted by atomic mass is 79.9. The molecule has 19 heavy (non-hydrogen) atoms. The molecule has 1 amide bonds. The van der Waals surface area contributed by atoms with E-state index in [4.69, 9.17) is 4.42 Å². The van der Waals surface area contributed by atoms with Crippen LogP contribution in [0.1, 0.15) is 29.5 Å². The van der Waals surface area contributed by atoms with Crippen LogP contribution in [0.3, 0.4) is 0 Å². The van der Waals surface area contributed by atoms with E-state index in [1.54, 1.807) is 12.1 Å². The number of carbonyl (C=O) groups excluding carboxylic acids is 1. The highest BCUT2D eigenvalue weighted by Crippen LogP contribution is 2.32. The Hall–Kier alpha value is -1.55. The molecule has 0 N–H and O–H groups in total. The maximum Gasteiger partial charge on any atom is 0.294 e. The number of rotatable bonds is 1. The third kappa shape index (κ3) is 2.21. The number of nitrogens with zero attached hydrogens (tertiary/aromatic N) is 1. The molecule has 0 saturated heterocycles. The minimum atomic E-state index is -0.0784. The molecule has 4 heteroatoms. The molecule has 1 atom stereocenters. The number of fused-ring (bicyclic) bond motifs is 1. The first-order valence-electron chi connectivity index (χ1n) is 6.33. The van der Waals surface area contributed by atoms with E-state index in [0.29, 0.717) is 10.4 Å². The standard InChI is InChI=1S/C15H14BrNO2/c1-10-6-7-11-4-2-3-5-12(11)17(10)15(18)13-8-9-14(16)19-13/h2-5,8-10H,6-7H2,1H3. The quantitative estimate of drug-likeness (QED) is 0.795. The highest BCUT2D eigenvalue weighted by Gasteiger charge is 2.30.